The molecule has 1 N–H and O–H groups in total. The minimum atomic E-state index is -0.400. The minimum Gasteiger partial charge on any atom is -0.482 e. The van der Waals surface area contributed by atoms with Crippen LogP contribution in [0.5, 0.6) is 5.75 Å². The Morgan fingerprint density at radius 1 is 1.44 bits per heavy atom. The van der Waals surface area contributed by atoms with Gasteiger partial charge in [-0.25, -0.2) is 4.39 Å². The fourth-order valence-electron chi connectivity index (χ4n) is 1.58. The highest BCUT2D eigenvalue weighted by atomic mass is 19.1. The van der Waals surface area contributed by atoms with Gasteiger partial charge < -0.3 is 14.6 Å². The number of nitrogens with zero attached hydrogens (tertiary/aromatic N) is 2. The Morgan fingerprint density at radius 3 is 2.94 bits per heavy atom. The number of benzene rings is 1. The second-order valence-electron chi connectivity index (χ2n) is 3.78. The van der Waals surface area contributed by atoms with Crippen LogP contribution in [0, 0.1) is 12.7 Å². The number of aryl methyl sites for hydroxylation is 1. The number of aromatic nitrogens is 2. The summed E-state index contributed by atoms with van der Waals surface area (Å²) in [5, 5.41) is 6.64. The highest BCUT2D eigenvalue weighted by Crippen LogP contribution is 2.23. The van der Waals surface area contributed by atoms with E-state index < -0.39 is 5.82 Å². The number of hydrogen-bond acceptors (Lipinski definition) is 5. The van der Waals surface area contributed by atoms with E-state index in [0.29, 0.717) is 18.3 Å². The third kappa shape index (κ3) is 2.84. The first-order valence-corrected chi connectivity index (χ1v) is 5.54. The summed E-state index contributed by atoms with van der Waals surface area (Å²) in [6.45, 7) is 2.29. The molecule has 1 aromatic heterocycles. The number of para-hydroxylation sites is 1. The van der Waals surface area contributed by atoms with E-state index in [4.69, 9.17) is 9.26 Å². The normalized spacial score (nSPS) is 10.6. The minimum absolute atomic E-state index is 0.0784. The topological polar surface area (TPSA) is 60.2 Å². The van der Waals surface area contributed by atoms with Gasteiger partial charge >= 0.3 is 0 Å². The number of halogens is 1. The zero-order valence-corrected chi connectivity index (χ0v) is 10.2. The largest absolute Gasteiger partial charge is 0.482 e. The van der Waals surface area contributed by atoms with Gasteiger partial charge in [-0.1, -0.05) is 17.3 Å². The summed E-state index contributed by atoms with van der Waals surface area (Å²) in [4.78, 5) is 3.99. The van der Waals surface area contributed by atoms with Crippen molar-refractivity contribution in [2.75, 3.05) is 7.05 Å². The molecule has 0 radical (unpaired) electrons. The average molecular weight is 251 g/mol. The first-order valence-electron chi connectivity index (χ1n) is 5.54. The van der Waals surface area contributed by atoms with Crippen molar-refractivity contribution in [1.29, 1.82) is 0 Å². The maximum atomic E-state index is 13.7. The maximum Gasteiger partial charge on any atom is 0.223 e. The summed E-state index contributed by atoms with van der Waals surface area (Å²) in [7, 11) is 1.79. The highest BCUT2D eigenvalue weighted by Gasteiger charge is 2.11. The monoisotopic (exact) mass is 251 g/mol. The van der Waals surface area contributed by atoms with Gasteiger partial charge in [-0.2, -0.15) is 4.98 Å². The molecular weight excluding hydrogens is 237 g/mol. The number of hydrogen-bond donors (Lipinski definition) is 1. The van der Waals surface area contributed by atoms with Gasteiger partial charge in [0.1, 0.15) is 0 Å². The van der Waals surface area contributed by atoms with Crippen molar-refractivity contribution in [2.24, 2.45) is 0 Å². The van der Waals surface area contributed by atoms with Crippen molar-refractivity contribution in [3.63, 3.8) is 0 Å². The van der Waals surface area contributed by atoms with Crippen LogP contribution in [0.4, 0.5) is 4.39 Å². The molecule has 0 unspecified atom stereocenters. The molecule has 18 heavy (non-hydrogen) atoms. The van der Waals surface area contributed by atoms with Crippen LogP contribution in [0.1, 0.15) is 17.3 Å². The van der Waals surface area contributed by atoms with Crippen molar-refractivity contribution in [3.05, 3.63) is 41.3 Å². The van der Waals surface area contributed by atoms with Gasteiger partial charge in [0.05, 0.1) is 0 Å². The Morgan fingerprint density at radius 2 is 2.28 bits per heavy atom. The first kappa shape index (κ1) is 12.5. The molecule has 0 aliphatic carbocycles. The Hall–Kier alpha value is -1.95. The van der Waals surface area contributed by atoms with Crippen LogP contribution in [0.2, 0.25) is 0 Å². The highest BCUT2D eigenvalue weighted by molar-refractivity contribution is 5.34. The second kappa shape index (κ2) is 5.59. The van der Waals surface area contributed by atoms with E-state index in [1.54, 1.807) is 26.1 Å². The number of ether oxygens (including phenoxy) is 1. The Kier molecular flexibility index (Phi) is 3.88. The average Bonchev–Trinajstić information content (AvgIpc) is 2.75. The SMILES string of the molecule is CNCc1cccc(F)c1OCc1noc(C)n1. The molecule has 1 heterocycles. The van der Waals surface area contributed by atoms with Crippen LogP contribution >= 0.6 is 0 Å². The Bertz CT molecular complexity index is 528. The molecule has 0 saturated heterocycles. The Labute approximate surface area is 104 Å². The van der Waals surface area contributed by atoms with Crippen LogP contribution in [-0.2, 0) is 13.2 Å². The molecule has 0 fully saturated rings. The van der Waals surface area contributed by atoms with E-state index in [2.05, 4.69) is 15.5 Å². The number of rotatable bonds is 5. The molecule has 0 bridgehead atoms. The summed E-state index contributed by atoms with van der Waals surface area (Å²) in [6, 6.07) is 4.81. The lowest BCUT2D eigenvalue weighted by Crippen LogP contribution is -2.09. The summed E-state index contributed by atoms with van der Waals surface area (Å²) >= 11 is 0. The van der Waals surface area contributed by atoms with Crippen LogP contribution < -0.4 is 10.1 Å². The summed E-state index contributed by atoms with van der Waals surface area (Å²) in [5.74, 6) is 0.668. The zero-order valence-electron chi connectivity index (χ0n) is 10.2. The molecule has 96 valence electrons. The van der Waals surface area contributed by atoms with Gasteiger partial charge in [-0.3, -0.25) is 0 Å². The zero-order chi connectivity index (χ0) is 13.0. The van der Waals surface area contributed by atoms with Gasteiger partial charge in [-0.05, 0) is 13.1 Å². The van der Waals surface area contributed by atoms with Crippen molar-refractivity contribution in [2.45, 2.75) is 20.1 Å². The van der Waals surface area contributed by atoms with E-state index in [9.17, 15) is 4.39 Å². The third-order valence-corrected chi connectivity index (χ3v) is 2.33. The van der Waals surface area contributed by atoms with Gasteiger partial charge in [0.2, 0.25) is 11.7 Å². The van der Waals surface area contributed by atoms with Crippen molar-refractivity contribution in [3.8, 4) is 5.75 Å². The molecule has 0 spiro atoms. The summed E-state index contributed by atoms with van der Waals surface area (Å²) in [5.41, 5.74) is 0.748. The van der Waals surface area contributed by atoms with Gasteiger partial charge in [0.25, 0.3) is 0 Å². The van der Waals surface area contributed by atoms with E-state index in [1.165, 1.54) is 6.07 Å². The molecule has 6 heteroatoms. The molecule has 0 amide bonds. The first-order chi connectivity index (χ1) is 8.70. The van der Waals surface area contributed by atoms with E-state index in [-0.39, 0.29) is 12.4 Å². The van der Waals surface area contributed by atoms with Crippen LogP contribution in [-0.4, -0.2) is 17.2 Å². The maximum absolute atomic E-state index is 13.7. The van der Waals surface area contributed by atoms with Crippen LogP contribution in [0.15, 0.2) is 22.7 Å². The molecule has 0 saturated carbocycles. The smallest absolute Gasteiger partial charge is 0.223 e. The molecule has 5 nitrogen and oxygen atoms in total. The summed E-state index contributed by atoms with van der Waals surface area (Å²) < 4.78 is 23.9. The molecule has 0 aliphatic heterocycles. The van der Waals surface area contributed by atoms with Gasteiger partial charge in [-0.15, -0.1) is 0 Å². The summed E-state index contributed by atoms with van der Waals surface area (Å²) in [6.07, 6.45) is 0. The lowest BCUT2D eigenvalue weighted by molar-refractivity contribution is 0.269. The lowest BCUT2D eigenvalue weighted by Gasteiger charge is -2.10. The molecule has 0 aliphatic rings. The quantitative estimate of drug-likeness (QED) is 0.878. The van der Waals surface area contributed by atoms with Gasteiger partial charge in [0.15, 0.2) is 18.2 Å². The van der Waals surface area contributed by atoms with Crippen molar-refractivity contribution >= 4 is 0 Å². The lowest BCUT2D eigenvalue weighted by atomic mass is 10.2. The second-order valence-corrected chi connectivity index (χ2v) is 3.78. The molecule has 2 aromatic rings. The molecule has 0 atom stereocenters. The fraction of sp³-hybridized carbons (Fsp3) is 0.333. The molecule has 1 aromatic carbocycles. The molecular formula is C12H14FN3O2. The standard InChI is InChI=1S/C12H14FN3O2/c1-8-15-11(16-18-8)7-17-12-9(6-14-2)4-3-5-10(12)13/h3-5,14H,6-7H2,1-2H3. The predicted molar refractivity (Wildman–Crippen MR) is 62.5 cm³/mol. The van der Waals surface area contributed by atoms with E-state index in [0.717, 1.165) is 5.56 Å². The van der Waals surface area contributed by atoms with Crippen LogP contribution in [0.3, 0.4) is 0 Å². The number of nitrogens with one attached hydrogen (secondary N) is 1. The third-order valence-electron chi connectivity index (χ3n) is 2.33. The predicted octanol–water partition coefficient (Wildman–Crippen LogP) is 1.82. The molecule has 2 rings (SSSR count). The van der Waals surface area contributed by atoms with Crippen LogP contribution in [0.25, 0.3) is 0 Å². The Balaban J connectivity index is 2.12. The van der Waals surface area contributed by atoms with Gasteiger partial charge in [0, 0.05) is 19.0 Å². The van der Waals surface area contributed by atoms with E-state index in [1.807, 2.05) is 0 Å². The van der Waals surface area contributed by atoms with Crippen molar-refractivity contribution in [1.82, 2.24) is 15.5 Å². The van der Waals surface area contributed by atoms with E-state index >= 15 is 0 Å². The van der Waals surface area contributed by atoms with Crippen molar-refractivity contribution < 1.29 is 13.7 Å². The fourth-order valence-corrected chi connectivity index (χ4v) is 1.58.